The average molecular weight is 318 g/mol. The van der Waals surface area contributed by atoms with Crippen LogP contribution < -0.4 is 5.01 Å². The van der Waals surface area contributed by atoms with Crippen LogP contribution in [0.1, 0.15) is 12.5 Å². The Morgan fingerprint density at radius 3 is 2.50 bits per heavy atom. The van der Waals surface area contributed by atoms with E-state index in [0.29, 0.717) is 11.7 Å². The number of para-hydroxylation sites is 2. The summed E-state index contributed by atoms with van der Waals surface area (Å²) < 4.78 is 0. The number of nitrogens with one attached hydrogen (secondary N) is 1. The quantitative estimate of drug-likeness (QED) is 0.562. The number of aliphatic hydroxyl groups is 1. The number of fused-ring (bicyclic) bond motifs is 1. The van der Waals surface area contributed by atoms with Crippen LogP contribution in [0.2, 0.25) is 0 Å². The molecule has 118 valence electrons. The van der Waals surface area contributed by atoms with E-state index in [1.54, 1.807) is 0 Å². The van der Waals surface area contributed by atoms with Crippen molar-refractivity contribution in [1.82, 2.24) is 9.97 Å². The van der Waals surface area contributed by atoms with E-state index < -0.39 is 5.91 Å². The van der Waals surface area contributed by atoms with Crippen LogP contribution in [-0.2, 0) is 4.79 Å². The lowest BCUT2D eigenvalue weighted by Gasteiger charge is -2.06. The molecule has 1 aromatic heterocycles. The number of anilines is 1. The fraction of sp³-hybridized carbons (Fsp3) is 0.0556. The molecule has 2 N–H and O–H groups in total. The van der Waals surface area contributed by atoms with Gasteiger partial charge in [0.05, 0.1) is 11.0 Å². The van der Waals surface area contributed by atoms with Gasteiger partial charge in [0.1, 0.15) is 17.0 Å². The van der Waals surface area contributed by atoms with Crippen LogP contribution in [0.25, 0.3) is 11.0 Å². The number of allylic oxidation sites excluding steroid dienone is 1. The van der Waals surface area contributed by atoms with Crippen molar-refractivity contribution >= 4 is 28.6 Å². The largest absolute Gasteiger partial charge is 0.512 e. The molecule has 0 saturated carbocycles. The molecule has 3 aromatic rings. The highest BCUT2D eigenvalue weighted by atomic mass is 16.3. The summed E-state index contributed by atoms with van der Waals surface area (Å²) >= 11 is 0. The van der Waals surface area contributed by atoms with Gasteiger partial charge in [0.2, 0.25) is 5.95 Å². The molecule has 1 aliphatic heterocycles. The first-order valence-corrected chi connectivity index (χ1v) is 7.48. The van der Waals surface area contributed by atoms with Crippen molar-refractivity contribution in [1.29, 1.82) is 0 Å². The highest BCUT2D eigenvalue weighted by Crippen LogP contribution is 2.27. The number of nitrogens with zero attached hydrogens (tertiary/aromatic N) is 3. The van der Waals surface area contributed by atoms with Crippen LogP contribution >= 0.6 is 0 Å². The van der Waals surface area contributed by atoms with E-state index in [1.807, 2.05) is 54.6 Å². The number of hydrogen-bond acceptors (Lipinski definition) is 4. The van der Waals surface area contributed by atoms with E-state index >= 15 is 0 Å². The van der Waals surface area contributed by atoms with Crippen molar-refractivity contribution in [2.75, 3.05) is 5.01 Å². The summed E-state index contributed by atoms with van der Waals surface area (Å²) in [5, 5.41) is 15.6. The second-order valence-corrected chi connectivity index (χ2v) is 5.47. The zero-order valence-electron chi connectivity index (χ0n) is 12.9. The summed E-state index contributed by atoms with van der Waals surface area (Å²) in [6, 6.07) is 16.8. The summed E-state index contributed by atoms with van der Waals surface area (Å²) in [4.78, 5) is 20.2. The summed E-state index contributed by atoms with van der Waals surface area (Å²) in [7, 11) is 0. The Morgan fingerprint density at radius 1 is 1.08 bits per heavy atom. The standard InChI is InChI=1S/C18H14N4O2/c1-11(23)15-16(12-7-3-2-4-8-12)21-22(17(15)24)18-19-13-9-5-6-10-14(13)20-18/h2-10,23H,1H3,(H,19,20)/b15-11-. The Kier molecular flexibility index (Phi) is 3.16. The number of hydrazone groups is 1. The van der Waals surface area contributed by atoms with Gasteiger partial charge in [-0.2, -0.15) is 10.1 Å². The Hall–Kier alpha value is -3.41. The van der Waals surface area contributed by atoms with Crippen molar-refractivity contribution in [3.05, 3.63) is 71.5 Å². The first-order valence-electron chi connectivity index (χ1n) is 7.48. The molecule has 2 heterocycles. The SMILES string of the molecule is C/C(O)=C1/C(=O)N(c2nc3ccccc3[nH]2)N=C1c1ccccc1. The highest BCUT2D eigenvalue weighted by molar-refractivity contribution is 6.35. The number of aromatic nitrogens is 2. The number of benzene rings is 2. The van der Waals surface area contributed by atoms with Crippen molar-refractivity contribution in [2.24, 2.45) is 5.10 Å². The topological polar surface area (TPSA) is 81.6 Å². The predicted molar refractivity (Wildman–Crippen MR) is 91.9 cm³/mol. The minimum absolute atomic E-state index is 0.0683. The van der Waals surface area contributed by atoms with Crippen LogP contribution in [0, 0.1) is 0 Å². The minimum atomic E-state index is -0.409. The third-order valence-corrected chi connectivity index (χ3v) is 3.83. The Bertz CT molecular complexity index is 965. The van der Waals surface area contributed by atoms with Gasteiger partial charge in [0.15, 0.2) is 0 Å². The highest BCUT2D eigenvalue weighted by Gasteiger charge is 2.35. The molecule has 0 aliphatic carbocycles. The van der Waals surface area contributed by atoms with Gasteiger partial charge in [0.25, 0.3) is 5.91 Å². The first-order chi connectivity index (χ1) is 11.6. The molecule has 0 radical (unpaired) electrons. The summed E-state index contributed by atoms with van der Waals surface area (Å²) in [6.07, 6.45) is 0. The summed E-state index contributed by atoms with van der Waals surface area (Å²) in [5.74, 6) is -0.153. The second-order valence-electron chi connectivity index (χ2n) is 5.47. The molecule has 24 heavy (non-hydrogen) atoms. The molecule has 4 rings (SSSR count). The molecule has 0 bridgehead atoms. The third kappa shape index (κ3) is 2.16. The lowest BCUT2D eigenvalue weighted by molar-refractivity contribution is -0.114. The molecule has 0 unspecified atom stereocenters. The molecule has 6 nitrogen and oxygen atoms in total. The van der Waals surface area contributed by atoms with E-state index in [1.165, 1.54) is 11.9 Å². The maximum atomic E-state index is 12.7. The van der Waals surface area contributed by atoms with E-state index in [2.05, 4.69) is 15.1 Å². The average Bonchev–Trinajstić information content (AvgIpc) is 3.16. The molecular formula is C18H14N4O2. The van der Waals surface area contributed by atoms with Gasteiger partial charge in [-0.3, -0.25) is 4.79 Å². The molecular weight excluding hydrogens is 304 g/mol. The number of imidazole rings is 1. The number of amides is 1. The smallest absolute Gasteiger partial charge is 0.287 e. The molecule has 0 atom stereocenters. The number of aliphatic hydroxyl groups excluding tert-OH is 1. The van der Waals surface area contributed by atoms with Gasteiger partial charge in [-0.25, -0.2) is 4.98 Å². The van der Waals surface area contributed by atoms with Gasteiger partial charge < -0.3 is 10.1 Å². The minimum Gasteiger partial charge on any atom is -0.512 e. The van der Waals surface area contributed by atoms with Crippen LogP contribution in [0.15, 0.2) is 71.0 Å². The lowest BCUT2D eigenvalue weighted by Crippen LogP contribution is -2.23. The maximum Gasteiger partial charge on any atom is 0.287 e. The fourth-order valence-corrected chi connectivity index (χ4v) is 2.71. The molecule has 1 amide bonds. The van der Waals surface area contributed by atoms with Crippen LogP contribution in [-0.4, -0.2) is 26.7 Å². The molecule has 2 aromatic carbocycles. The van der Waals surface area contributed by atoms with Crippen molar-refractivity contribution in [3.8, 4) is 0 Å². The van der Waals surface area contributed by atoms with Crippen molar-refractivity contribution < 1.29 is 9.90 Å². The summed E-state index contributed by atoms with van der Waals surface area (Å²) in [5.41, 5.74) is 2.93. The Morgan fingerprint density at radius 2 is 1.79 bits per heavy atom. The van der Waals surface area contributed by atoms with Crippen LogP contribution in [0.5, 0.6) is 0 Å². The lowest BCUT2D eigenvalue weighted by atomic mass is 10.0. The number of carbonyl (C=O) groups is 1. The van der Waals surface area contributed by atoms with Crippen molar-refractivity contribution in [3.63, 3.8) is 0 Å². The molecule has 6 heteroatoms. The number of H-pyrrole nitrogens is 1. The number of aromatic amines is 1. The normalized spacial score (nSPS) is 16.6. The second kappa shape index (κ2) is 5.34. The van der Waals surface area contributed by atoms with Gasteiger partial charge in [-0.15, -0.1) is 0 Å². The number of carbonyl (C=O) groups excluding carboxylic acids is 1. The monoisotopic (exact) mass is 318 g/mol. The maximum absolute atomic E-state index is 12.7. The van der Waals surface area contributed by atoms with Gasteiger partial charge >= 0.3 is 0 Å². The molecule has 0 spiro atoms. The third-order valence-electron chi connectivity index (χ3n) is 3.83. The molecule has 1 aliphatic rings. The fourth-order valence-electron chi connectivity index (χ4n) is 2.71. The first kappa shape index (κ1) is 14.2. The van der Waals surface area contributed by atoms with E-state index in [4.69, 9.17) is 0 Å². The predicted octanol–water partition coefficient (Wildman–Crippen LogP) is 3.15. The van der Waals surface area contributed by atoms with Gasteiger partial charge in [0, 0.05) is 5.56 Å². The van der Waals surface area contributed by atoms with Crippen LogP contribution in [0.4, 0.5) is 5.95 Å². The Balaban J connectivity index is 1.86. The van der Waals surface area contributed by atoms with Gasteiger partial charge in [-0.1, -0.05) is 42.5 Å². The zero-order chi connectivity index (χ0) is 16.7. The number of rotatable bonds is 2. The molecule has 0 saturated heterocycles. The summed E-state index contributed by atoms with van der Waals surface area (Å²) in [6.45, 7) is 1.48. The van der Waals surface area contributed by atoms with E-state index in [-0.39, 0.29) is 11.3 Å². The molecule has 0 fully saturated rings. The van der Waals surface area contributed by atoms with E-state index in [0.717, 1.165) is 16.6 Å². The van der Waals surface area contributed by atoms with Crippen LogP contribution in [0.3, 0.4) is 0 Å². The van der Waals surface area contributed by atoms with Crippen molar-refractivity contribution in [2.45, 2.75) is 6.92 Å². The van der Waals surface area contributed by atoms with Gasteiger partial charge in [-0.05, 0) is 19.1 Å². The number of hydrogen-bond donors (Lipinski definition) is 2. The zero-order valence-corrected chi connectivity index (χ0v) is 12.9. The Labute approximate surface area is 137 Å². The van der Waals surface area contributed by atoms with E-state index in [9.17, 15) is 9.90 Å².